The van der Waals surface area contributed by atoms with Crippen molar-refractivity contribution in [1.82, 2.24) is 4.90 Å². The van der Waals surface area contributed by atoms with Crippen LogP contribution in [0.5, 0.6) is 0 Å². The van der Waals surface area contributed by atoms with Crippen molar-refractivity contribution in [2.75, 3.05) is 13.1 Å². The first-order valence-electron chi connectivity index (χ1n) is 6.12. The lowest BCUT2D eigenvalue weighted by Crippen LogP contribution is -2.39. The first-order chi connectivity index (χ1) is 9.40. The van der Waals surface area contributed by atoms with Crippen molar-refractivity contribution >= 4 is 27.7 Å². The van der Waals surface area contributed by atoms with E-state index in [4.69, 9.17) is 10.9 Å². The van der Waals surface area contributed by atoms with Crippen LogP contribution in [0.2, 0.25) is 0 Å². The summed E-state index contributed by atoms with van der Waals surface area (Å²) in [5, 5.41) is 11.5. The van der Waals surface area contributed by atoms with Crippen LogP contribution in [-0.4, -0.2) is 34.9 Å². The van der Waals surface area contributed by atoms with Gasteiger partial charge in [-0.2, -0.15) is 0 Å². The second-order valence-electron chi connectivity index (χ2n) is 4.39. The molecule has 1 rings (SSSR count). The fourth-order valence-corrected chi connectivity index (χ4v) is 2.07. The summed E-state index contributed by atoms with van der Waals surface area (Å²) in [6.07, 6.45) is 0. The van der Waals surface area contributed by atoms with E-state index in [9.17, 15) is 9.18 Å². The van der Waals surface area contributed by atoms with Gasteiger partial charge in [0, 0.05) is 23.5 Å². The summed E-state index contributed by atoms with van der Waals surface area (Å²) in [6.45, 7) is 4.15. The Labute approximate surface area is 125 Å². The van der Waals surface area contributed by atoms with E-state index in [2.05, 4.69) is 21.1 Å². The van der Waals surface area contributed by atoms with Gasteiger partial charge in [-0.25, -0.2) is 4.39 Å². The lowest BCUT2D eigenvalue weighted by atomic mass is 10.1. The molecule has 0 saturated heterocycles. The van der Waals surface area contributed by atoms with Gasteiger partial charge in [-0.15, -0.1) is 0 Å². The Kier molecular flexibility index (Phi) is 5.94. The van der Waals surface area contributed by atoms with E-state index in [1.54, 1.807) is 13.8 Å². The third kappa shape index (κ3) is 3.93. The molecule has 0 aromatic heterocycles. The van der Waals surface area contributed by atoms with Crippen molar-refractivity contribution in [2.24, 2.45) is 16.8 Å². The number of benzene rings is 1. The number of hydrogen-bond donors (Lipinski definition) is 2. The lowest BCUT2D eigenvalue weighted by molar-refractivity contribution is 0.0749. The maximum absolute atomic E-state index is 13.7. The maximum Gasteiger partial charge on any atom is 0.256 e. The highest BCUT2D eigenvalue weighted by molar-refractivity contribution is 9.10. The van der Waals surface area contributed by atoms with Gasteiger partial charge in [0.2, 0.25) is 0 Å². The zero-order valence-corrected chi connectivity index (χ0v) is 12.9. The molecule has 0 aliphatic carbocycles. The summed E-state index contributed by atoms with van der Waals surface area (Å²) in [4.78, 5) is 13.8. The topological polar surface area (TPSA) is 78.9 Å². The molecular formula is C13H17BrFN3O2. The van der Waals surface area contributed by atoms with Gasteiger partial charge in [-0.05, 0) is 25.1 Å². The maximum atomic E-state index is 13.7. The van der Waals surface area contributed by atoms with E-state index in [0.717, 1.165) is 0 Å². The molecule has 0 radical (unpaired) electrons. The fourth-order valence-electron chi connectivity index (χ4n) is 1.71. The molecule has 1 amide bonds. The van der Waals surface area contributed by atoms with Gasteiger partial charge in [0.25, 0.3) is 5.91 Å². The van der Waals surface area contributed by atoms with Crippen LogP contribution in [-0.2, 0) is 0 Å². The molecule has 7 heteroatoms. The van der Waals surface area contributed by atoms with Crippen LogP contribution in [0.25, 0.3) is 0 Å². The second kappa shape index (κ2) is 7.23. The van der Waals surface area contributed by atoms with Gasteiger partial charge in [-0.3, -0.25) is 4.79 Å². The molecule has 0 aliphatic heterocycles. The molecular weight excluding hydrogens is 329 g/mol. The van der Waals surface area contributed by atoms with Crippen LogP contribution in [0.3, 0.4) is 0 Å². The molecule has 110 valence electrons. The predicted molar refractivity (Wildman–Crippen MR) is 78.3 cm³/mol. The normalized spacial score (nSPS) is 13.1. The van der Waals surface area contributed by atoms with E-state index < -0.39 is 11.7 Å². The van der Waals surface area contributed by atoms with Crippen LogP contribution >= 0.6 is 15.9 Å². The molecule has 3 N–H and O–H groups in total. The number of oxime groups is 1. The minimum atomic E-state index is -0.576. The van der Waals surface area contributed by atoms with Gasteiger partial charge < -0.3 is 15.8 Å². The van der Waals surface area contributed by atoms with Crippen molar-refractivity contribution in [3.05, 3.63) is 34.1 Å². The first kappa shape index (κ1) is 16.4. The van der Waals surface area contributed by atoms with Crippen LogP contribution in [0, 0.1) is 11.7 Å². The molecule has 1 unspecified atom stereocenters. The van der Waals surface area contributed by atoms with Crippen molar-refractivity contribution in [3.63, 3.8) is 0 Å². The van der Waals surface area contributed by atoms with Crippen LogP contribution < -0.4 is 5.73 Å². The third-order valence-electron chi connectivity index (χ3n) is 2.94. The number of nitrogens with zero attached hydrogens (tertiary/aromatic N) is 2. The first-order valence-corrected chi connectivity index (χ1v) is 6.91. The van der Waals surface area contributed by atoms with E-state index >= 15 is 0 Å². The number of halogens is 2. The third-order valence-corrected chi connectivity index (χ3v) is 3.44. The molecule has 20 heavy (non-hydrogen) atoms. The highest BCUT2D eigenvalue weighted by Crippen LogP contribution is 2.18. The van der Waals surface area contributed by atoms with Crippen LogP contribution in [0.1, 0.15) is 24.2 Å². The summed E-state index contributed by atoms with van der Waals surface area (Å²) >= 11 is 3.21. The highest BCUT2D eigenvalue weighted by Gasteiger charge is 2.21. The molecule has 5 nitrogen and oxygen atoms in total. The van der Waals surface area contributed by atoms with E-state index in [1.165, 1.54) is 23.1 Å². The largest absolute Gasteiger partial charge is 0.409 e. The molecule has 0 spiro atoms. The number of nitrogens with two attached hydrogens (primary N) is 1. The Balaban J connectivity index is 2.95. The standard InChI is InChI=1S/C13H17BrFN3O2/c1-3-18(7-8(2)12(16)17-20)13(19)10-6-9(14)4-5-11(10)15/h4-6,8,20H,3,7H2,1-2H3,(H2,16,17). The Morgan fingerprint density at radius 1 is 1.60 bits per heavy atom. The second-order valence-corrected chi connectivity index (χ2v) is 5.31. The van der Waals surface area contributed by atoms with Crippen molar-refractivity contribution < 1.29 is 14.4 Å². The molecule has 1 atom stereocenters. The van der Waals surface area contributed by atoms with E-state index in [1.807, 2.05) is 0 Å². The minimum absolute atomic E-state index is 0.00654. The van der Waals surface area contributed by atoms with Crippen molar-refractivity contribution in [1.29, 1.82) is 0 Å². The number of carbonyl (C=O) groups excluding carboxylic acids is 1. The SMILES string of the molecule is CCN(CC(C)C(N)=NO)C(=O)c1cc(Br)ccc1F. The highest BCUT2D eigenvalue weighted by atomic mass is 79.9. The van der Waals surface area contributed by atoms with Gasteiger partial charge in [-0.1, -0.05) is 28.0 Å². The molecule has 0 saturated carbocycles. The van der Waals surface area contributed by atoms with E-state index in [0.29, 0.717) is 11.0 Å². The lowest BCUT2D eigenvalue weighted by Gasteiger charge is -2.24. The number of amidine groups is 1. The number of carbonyl (C=O) groups is 1. The average Bonchev–Trinajstić information content (AvgIpc) is 2.45. The molecule has 0 heterocycles. The smallest absolute Gasteiger partial charge is 0.256 e. The predicted octanol–water partition coefficient (Wildman–Crippen LogP) is 2.43. The summed E-state index contributed by atoms with van der Waals surface area (Å²) in [5.74, 6) is -1.29. The molecule has 0 aliphatic rings. The Morgan fingerprint density at radius 3 is 2.80 bits per heavy atom. The Bertz CT molecular complexity index is 522. The van der Waals surface area contributed by atoms with Gasteiger partial charge >= 0.3 is 0 Å². The molecule has 0 fully saturated rings. The quantitative estimate of drug-likeness (QED) is 0.372. The van der Waals surface area contributed by atoms with Crippen molar-refractivity contribution in [3.8, 4) is 0 Å². The number of rotatable bonds is 5. The number of hydrogen-bond acceptors (Lipinski definition) is 3. The minimum Gasteiger partial charge on any atom is -0.409 e. The van der Waals surface area contributed by atoms with Crippen molar-refractivity contribution in [2.45, 2.75) is 13.8 Å². The van der Waals surface area contributed by atoms with Crippen LogP contribution in [0.15, 0.2) is 27.8 Å². The Morgan fingerprint density at radius 2 is 2.25 bits per heavy atom. The monoisotopic (exact) mass is 345 g/mol. The fraction of sp³-hybridized carbons (Fsp3) is 0.385. The molecule has 1 aromatic carbocycles. The molecule has 1 aromatic rings. The summed E-state index contributed by atoms with van der Waals surface area (Å²) in [5.41, 5.74) is 5.49. The van der Waals surface area contributed by atoms with E-state index in [-0.39, 0.29) is 23.9 Å². The Hall–Kier alpha value is -1.63. The zero-order chi connectivity index (χ0) is 15.3. The average molecular weight is 346 g/mol. The van der Waals surface area contributed by atoms with Gasteiger partial charge in [0.05, 0.1) is 5.56 Å². The summed E-state index contributed by atoms with van der Waals surface area (Å²) in [6, 6.07) is 4.20. The molecule has 0 bridgehead atoms. The zero-order valence-electron chi connectivity index (χ0n) is 11.3. The van der Waals surface area contributed by atoms with Gasteiger partial charge in [0.15, 0.2) is 0 Å². The summed E-state index contributed by atoms with van der Waals surface area (Å²) in [7, 11) is 0. The number of amides is 1. The summed E-state index contributed by atoms with van der Waals surface area (Å²) < 4.78 is 14.3. The van der Waals surface area contributed by atoms with Gasteiger partial charge in [0.1, 0.15) is 11.7 Å². The van der Waals surface area contributed by atoms with Crippen LogP contribution in [0.4, 0.5) is 4.39 Å².